The Morgan fingerprint density at radius 3 is 2.35 bits per heavy atom. The van der Waals surface area contributed by atoms with Crippen molar-refractivity contribution in [2.75, 3.05) is 0 Å². The summed E-state index contributed by atoms with van der Waals surface area (Å²) < 4.78 is 5.93. The Balaban J connectivity index is 1.91. The Hall–Kier alpha value is -1.15. The quantitative estimate of drug-likeness (QED) is 0.799. The van der Waals surface area contributed by atoms with Crippen LogP contribution >= 0.6 is 0 Å². The first-order chi connectivity index (χ1) is 8.16. The van der Waals surface area contributed by atoms with Gasteiger partial charge in [-0.1, -0.05) is 18.2 Å². The number of hydrogen-bond acceptors (Lipinski definition) is 2. The second-order valence-electron chi connectivity index (χ2n) is 4.92. The SMILES string of the molecule is Cc1cccc(C)c1COC1CCC(=O)CC1. The average Bonchev–Trinajstić information content (AvgIpc) is 2.31. The van der Waals surface area contributed by atoms with Crippen molar-refractivity contribution in [2.45, 2.75) is 52.2 Å². The molecular weight excluding hydrogens is 212 g/mol. The molecule has 17 heavy (non-hydrogen) atoms. The zero-order chi connectivity index (χ0) is 12.3. The molecule has 92 valence electrons. The molecule has 1 saturated carbocycles. The fraction of sp³-hybridized carbons (Fsp3) is 0.533. The lowest BCUT2D eigenvalue weighted by atomic mass is 9.96. The van der Waals surface area contributed by atoms with Crippen LogP contribution in [-0.4, -0.2) is 11.9 Å². The fourth-order valence-corrected chi connectivity index (χ4v) is 2.36. The number of ether oxygens (including phenoxy) is 1. The van der Waals surface area contributed by atoms with E-state index >= 15 is 0 Å². The lowest BCUT2D eigenvalue weighted by molar-refractivity contribution is -0.123. The molecule has 0 amide bonds. The van der Waals surface area contributed by atoms with Crippen LogP contribution in [0.25, 0.3) is 0 Å². The van der Waals surface area contributed by atoms with Crippen LogP contribution in [0.5, 0.6) is 0 Å². The van der Waals surface area contributed by atoms with Gasteiger partial charge in [0, 0.05) is 12.8 Å². The van der Waals surface area contributed by atoms with E-state index in [-0.39, 0.29) is 6.10 Å². The zero-order valence-electron chi connectivity index (χ0n) is 10.7. The van der Waals surface area contributed by atoms with Crippen molar-refractivity contribution in [1.29, 1.82) is 0 Å². The first-order valence-corrected chi connectivity index (χ1v) is 6.35. The Morgan fingerprint density at radius 2 is 1.76 bits per heavy atom. The van der Waals surface area contributed by atoms with Crippen LogP contribution in [0.15, 0.2) is 18.2 Å². The number of carbonyl (C=O) groups excluding carboxylic acids is 1. The van der Waals surface area contributed by atoms with Crippen molar-refractivity contribution in [3.8, 4) is 0 Å². The van der Waals surface area contributed by atoms with Crippen molar-refractivity contribution in [2.24, 2.45) is 0 Å². The summed E-state index contributed by atoms with van der Waals surface area (Å²) in [6.07, 6.45) is 3.44. The maximum absolute atomic E-state index is 11.1. The van der Waals surface area contributed by atoms with E-state index in [1.807, 2.05) is 0 Å². The number of aryl methyl sites for hydroxylation is 2. The van der Waals surface area contributed by atoms with Gasteiger partial charge in [0.2, 0.25) is 0 Å². The van der Waals surface area contributed by atoms with E-state index in [4.69, 9.17) is 4.74 Å². The first-order valence-electron chi connectivity index (χ1n) is 6.35. The Labute approximate surface area is 103 Å². The van der Waals surface area contributed by atoms with Crippen LogP contribution in [0.1, 0.15) is 42.4 Å². The summed E-state index contributed by atoms with van der Waals surface area (Å²) in [4.78, 5) is 11.1. The molecule has 1 aromatic carbocycles. The van der Waals surface area contributed by atoms with Crippen molar-refractivity contribution in [1.82, 2.24) is 0 Å². The van der Waals surface area contributed by atoms with Gasteiger partial charge in [0.25, 0.3) is 0 Å². The maximum Gasteiger partial charge on any atom is 0.133 e. The molecule has 2 nitrogen and oxygen atoms in total. The molecule has 0 unspecified atom stereocenters. The third kappa shape index (κ3) is 3.16. The Morgan fingerprint density at radius 1 is 1.18 bits per heavy atom. The molecule has 1 aliphatic rings. The molecule has 1 aromatic rings. The number of rotatable bonds is 3. The molecule has 1 fully saturated rings. The number of hydrogen-bond donors (Lipinski definition) is 0. The predicted octanol–water partition coefficient (Wildman–Crippen LogP) is 3.33. The van der Waals surface area contributed by atoms with E-state index < -0.39 is 0 Å². The summed E-state index contributed by atoms with van der Waals surface area (Å²) in [5, 5.41) is 0. The number of ketones is 1. The van der Waals surface area contributed by atoms with Gasteiger partial charge in [-0.05, 0) is 43.4 Å². The summed E-state index contributed by atoms with van der Waals surface area (Å²) in [6, 6.07) is 6.32. The Bertz CT molecular complexity index is 379. The molecule has 2 heteroatoms. The van der Waals surface area contributed by atoms with E-state index in [1.165, 1.54) is 16.7 Å². The van der Waals surface area contributed by atoms with Gasteiger partial charge < -0.3 is 4.74 Å². The summed E-state index contributed by atoms with van der Waals surface area (Å²) in [5.74, 6) is 0.386. The van der Waals surface area contributed by atoms with Crippen LogP contribution in [-0.2, 0) is 16.1 Å². The highest BCUT2D eigenvalue weighted by Gasteiger charge is 2.19. The van der Waals surface area contributed by atoms with Crippen molar-refractivity contribution in [3.63, 3.8) is 0 Å². The van der Waals surface area contributed by atoms with Gasteiger partial charge in [0.1, 0.15) is 5.78 Å². The third-order valence-electron chi connectivity index (χ3n) is 3.60. The van der Waals surface area contributed by atoms with E-state index in [0.717, 1.165) is 12.8 Å². The number of benzene rings is 1. The average molecular weight is 232 g/mol. The molecule has 2 rings (SSSR count). The molecule has 0 atom stereocenters. The molecule has 0 radical (unpaired) electrons. The summed E-state index contributed by atoms with van der Waals surface area (Å²) >= 11 is 0. The van der Waals surface area contributed by atoms with E-state index in [0.29, 0.717) is 25.2 Å². The lowest BCUT2D eigenvalue weighted by Gasteiger charge is -2.22. The minimum Gasteiger partial charge on any atom is -0.373 e. The largest absolute Gasteiger partial charge is 0.373 e. The Kier molecular flexibility index (Phi) is 3.95. The zero-order valence-corrected chi connectivity index (χ0v) is 10.7. The van der Waals surface area contributed by atoms with Crippen molar-refractivity contribution < 1.29 is 9.53 Å². The second kappa shape index (κ2) is 5.46. The summed E-state index contributed by atoms with van der Waals surface area (Å²) in [5.41, 5.74) is 3.87. The summed E-state index contributed by atoms with van der Waals surface area (Å²) in [6.45, 7) is 4.92. The number of Topliss-reactive ketones (excluding diaryl/α,β-unsaturated/α-hetero) is 1. The van der Waals surface area contributed by atoms with E-state index in [9.17, 15) is 4.79 Å². The normalized spacial score (nSPS) is 17.4. The molecule has 0 saturated heterocycles. The predicted molar refractivity (Wildman–Crippen MR) is 68.0 cm³/mol. The van der Waals surface area contributed by atoms with Gasteiger partial charge in [-0.2, -0.15) is 0 Å². The topological polar surface area (TPSA) is 26.3 Å². The molecule has 1 aliphatic carbocycles. The highest BCUT2D eigenvalue weighted by atomic mass is 16.5. The van der Waals surface area contributed by atoms with Gasteiger partial charge >= 0.3 is 0 Å². The van der Waals surface area contributed by atoms with Crippen molar-refractivity contribution >= 4 is 5.78 Å². The van der Waals surface area contributed by atoms with Gasteiger partial charge in [-0.3, -0.25) is 4.79 Å². The molecule has 0 aliphatic heterocycles. The molecule has 0 aromatic heterocycles. The standard InChI is InChI=1S/C15H20O2/c1-11-4-3-5-12(2)15(11)10-17-14-8-6-13(16)7-9-14/h3-5,14H,6-10H2,1-2H3. The smallest absolute Gasteiger partial charge is 0.133 e. The molecule has 0 N–H and O–H groups in total. The maximum atomic E-state index is 11.1. The van der Waals surface area contributed by atoms with Gasteiger partial charge in [-0.25, -0.2) is 0 Å². The molecule has 0 bridgehead atoms. The second-order valence-corrected chi connectivity index (χ2v) is 4.92. The van der Waals surface area contributed by atoms with Gasteiger partial charge in [0.05, 0.1) is 12.7 Å². The van der Waals surface area contributed by atoms with Gasteiger partial charge in [-0.15, -0.1) is 0 Å². The lowest BCUT2D eigenvalue weighted by Crippen LogP contribution is -2.21. The monoisotopic (exact) mass is 232 g/mol. The highest BCUT2D eigenvalue weighted by Crippen LogP contribution is 2.21. The van der Waals surface area contributed by atoms with E-state index in [1.54, 1.807) is 0 Å². The first kappa shape index (κ1) is 12.3. The fourth-order valence-electron chi connectivity index (χ4n) is 2.36. The van der Waals surface area contributed by atoms with Gasteiger partial charge in [0.15, 0.2) is 0 Å². The number of carbonyl (C=O) groups is 1. The van der Waals surface area contributed by atoms with Crippen LogP contribution < -0.4 is 0 Å². The van der Waals surface area contributed by atoms with Crippen LogP contribution in [0.4, 0.5) is 0 Å². The molecule has 0 spiro atoms. The minimum absolute atomic E-state index is 0.270. The van der Waals surface area contributed by atoms with Crippen molar-refractivity contribution in [3.05, 3.63) is 34.9 Å². The van der Waals surface area contributed by atoms with E-state index in [2.05, 4.69) is 32.0 Å². The van der Waals surface area contributed by atoms with Crippen LogP contribution in [0.3, 0.4) is 0 Å². The molecular formula is C15H20O2. The third-order valence-corrected chi connectivity index (χ3v) is 3.60. The minimum atomic E-state index is 0.270. The van der Waals surface area contributed by atoms with Crippen LogP contribution in [0, 0.1) is 13.8 Å². The summed E-state index contributed by atoms with van der Waals surface area (Å²) in [7, 11) is 0. The van der Waals surface area contributed by atoms with Crippen LogP contribution in [0.2, 0.25) is 0 Å². The highest BCUT2D eigenvalue weighted by molar-refractivity contribution is 5.79. The molecule has 0 heterocycles.